The van der Waals surface area contributed by atoms with Crippen LogP contribution in [0.4, 0.5) is 5.69 Å². The van der Waals surface area contributed by atoms with E-state index in [0.29, 0.717) is 39.4 Å². The normalized spacial score (nSPS) is 13.6. The van der Waals surface area contributed by atoms with Crippen molar-refractivity contribution in [2.75, 3.05) is 19.1 Å². The molecular formula is C31H29NO7. The van der Waals surface area contributed by atoms with Gasteiger partial charge in [0.25, 0.3) is 5.91 Å². The predicted molar refractivity (Wildman–Crippen MR) is 148 cm³/mol. The van der Waals surface area contributed by atoms with Gasteiger partial charge < -0.3 is 24.2 Å². The highest BCUT2D eigenvalue weighted by Gasteiger charge is 2.33. The Bertz CT molecular complexity index is 1470. The van der Waals surface area contributed by atoms with Gasteiger partial charge in [-0.15, -0.1) is 0 Å². The summed E-state index contributed by atoms with van der Waals surface area (Å²) in [6.45, 7) is 3.64. The Morgan fingerprint density at radius 3 is 2.41 bits per heavy atom. The Balaban J connectivity index is 1.81. The molecule has 39 heavy (non-hydrogen) atoms. The lowest BCUT2D eigenvalue weighted by atomic mass is 9.93. The maximum absolute atomic E-state index is 13.8. The molecule has 3 aromatic rings. The van der Waals surface area contributed by atoms with Crippen molar-refractivity contribution in [2.24, 2.45) is 0 Å². The van der Waals surface area contributed by atoms with Crippen LogP contribution < -0.4 is 14.4 Å². The summed E-state index contributed by atoms with van der Waals surface area (Å²) in [5, 5.41) is 9.81. The molecule has 0 bridgehead atoms. The van der Waals surface area contributed by atoms with Gasteiger partial charge in [0, 0.05) is 28.5 Å². The number of fused-ring (bicyclic) bond motifs is 1. The van der Waals surface area contributed by atoms with Gasteiger partial charge in [-0.25, -0.2) is 9.59 Å². The van der Waals surface area contributed by atoms with Gasteiger partial charge in [-0.2, -0.15) is 0 Å². The van der Waals surface area contributed by atoms with Gasteiger partial charge >= 0.3 is 11.9 Å². The van der Waals surface area contributed by atoms with Crippen LogP contribution in [-0.2, 0) is 20.9 Å². The number of carbonyl (C=O) groups excluding carboxylic acids is 2. The Hall–Kier alpha value is -4.85. The molecule has 0 fully saturated rings. The zero-order valence-electron chi connectivity index (χ0n) is 22.1. The molecule has 1 aliphatic heterocycles. The van der Waals surface area contributed by atoms with Gasteiger partial charge in [-0.05, 0) is 61.9 Å². The smallest absolute Gasteiger partial charge is 0.336 e. The Morgan fingerprint density at radius 2 is 1.74 bits per heavy atom. The summed E-state index contributed by atoms with van der Waals surface area (Å²) in [6.07, 6.45) is 4.48. The van der Waals surface area contributed by atoms with Crippen LogP contribution in [0.1, 0.15) is 40.9 Å². The molecule has 0 saturated carbocycles. The van der Waals surface area contributed by atoms with Crippen molar-refractivity contribution in [3.63, 3.8) is 0 Å². The molecule has 0 unspecified atom stereocenters. The number of rotatable bonds is 8. The SMILES string of the molecule is COC(=O)/C=C/c1cccc(N(Cc2ccc3c(c2OC)OC(C)(C)C=C3C(=O)O)C(=O)c2ccccc2)c1. The van der Waals surface area contributed by atoms with Crippen molar-refractivity contribution in [3.8, 4) is 11.5 Å². The molecular weight excluding hydrogens is 498 g/mol. The second kappa shape index (κ2) is 11.3. The van der Waals surface area contributed by atoms with E-state index in [4.69, 9.17) is 9.47 Å². The molecule has 1 aliphatic rings. The van der Waals surface area contributed by atoms with Gasteiger partial charge in [0.1, 0.15) is 5.60 Å². The van der Waals surface area contributed by atoms with Gasteiger partial charge in [-0.3, -0.25) is 4.79 Å². The third-order valence-corrected chi connectivity index (χ3v) is 6.16. The second-order valence-corrected chi connectivity index (χ2v) is 9.41. The minimum Gasteiger partial charge on any atom is -0.492 e. The van der Waals surface area contributed by atoms with Gasteiger partial charge in [-0.1, -0.05) is 36.4 Å². The first-order valence-corrected chi connectivity index (χ1v) is 12.2. The van der Waals surface area contributed by atoms with Crippen molar-refractivity contribution < 1.29 is 33.7 Å². The number of nitrogens with zero attached hydrogens (tertiary/aromatic N) is 1. The van der Waals surface area contributed by atoms with Gasteiger partial charge in [0.05, 0.1) is 26.3 Å². The third-order valence-electron chi connectivity index (χ3n) is 6.16. The van der Waals surface area contributed by atoms with Crippen LogP contribution >= 0.6 is 0 Å². The van der Waals surface area contributed by atoms with E-state index < -0.39 is 17.5 Å². The Morgan fingerprint density at radius 1 is 1.00 bits per heavy atom. The first-order chi connectivity index (χ1) is 18.6. The van der Waals surface area contributed by atoms with E-state index in [1.807, 2.05) is 12.1 Å². The van der Waals surface area contributed by atoms with E-state index in [1.54, 1.807) is 85.5 Å². The average molecular weight is 528 g/mol. The fourth-order valence-corrected chi connectivity index (χ4v) is 4.38. The number of methoxy groups -OCH3 is 2. The number of aliphatic carboxylic acids is 1. The summed E-state index contributed by atoms with van der Waals surface area (Å²) >= 11 is 0. The highest BCUT2D eigenvalue weighted by Crippen LogP contribution is 2.45. The first kappa shape index (κ1) is 27.2. The van der Waals surface area contributed by atoms with Crippen LogP contribution in [0.5, 0.6) is 11.5 Å². The molecule has 3 aromatic carbocycles. The van der Waals surface area contributed by atoms with E-state index in [0.717, 1.165) is 0 Å². The fraction of sp³-hybridized carbons (Fsp3) is 0.194. The number of carbonyl (C=O) groups is 3. The lowest BCUT2D eigenvalue weighted by molar-refractivity contribution is -0.134. The summed E-state index contributed by atoms with van der Waals surface area (Å²) in [5.74, 6) is -1.16. The van der Waals surface area contributed by atoms with Crippen LogP contribution in [0.15, 0.2) is 78.9 Å². The van der Waals surface area contributed by atoms with E-state index in [1.165, 1.54) is 20.3 Å². The molecule has 1 heterocycles. The van der Waals surface area contributed by atoms with E-state index in [2.05, 4.69) is 4.74 Å². The number of hydrogen-bond acceptors (Lipinski definition) is 6. The highest BCUT2D eigenvalue weighted by atomic mass is 16.5. The van der Waals surface area contributed by atoms with E-state index in [9.17, 15) is 19.5 Å². The maximum Gasteiger partial charge on any atom is 0.336 e. The van der Waals surface area contributed by atoms with E-state index >= 15 is 0 Å². The summed E-state index contributed by atoms with van der Waals surface area (Å²) in [7, 11) is 2.78. The molecule has 1 N–H and O–H groups in total. The van der Waals surface area contributed by atoms with Crippen molar-refractivity contribution in [1.82, 2.24) is 0 Å². The minimum absolute atomic E-state index is 0.101. The number of hydrogen-bond donors (Lipinski definition) is 1. The van der Waals surface area contributed by atoms with Crippen molar-refractivity contribution in [3.05, 3.63) is 101 Å². The van der Waals surface area contributed by atoms with Crippen molar-refractivity contribution in [1.29, 1.82) is 0 Å². The number of carboxylic acids is 1. The van der Waals surface area contributed by atoms with Crippen molar-refractivity contribution >= 4 is 35.2 Å². The molecule has 8 heteroatoms. The van der Waals surface area contributed by atoms with Crippen LogP contribution in [0.3, 0.4) is 0 Å². The zero-order valence-corrected chi connectivity index (χ0v) is 22.1. The zero-order chi connectivity index (χ0) is 28.2. The molecule has 1 amide bonds. The highest BCUT2D eigenvalue weighted by molar-refractivity contribution is 6.17. The minimum atomic E-state index is -1.07. The molecule has 4 rings (SSSR count). The monoisotopic (exact) mass is 527 g/mol. The molecule has 0 atom stereocenters. The largest absolute Gasteiger partial charge is 0.492 e. The van der Waals surface area contributed by atoms with Crippen LogP contribution in [0.25, 0.3) is 11.6 Å². The quantitative estimate of drug-likeness (QED) is 0.310. The summed E-state index contributed by atoms with van der Waals surface area (Å²) < 4.78 is 16.6. The standard InChI is InChI=1S/C31H29NO7/c1-31(2)18-25(30(35)36)24-15-14-22(27(38-4)28(24)39-31)19-32(29(34)21-10-6-5-7-11-21)23-12-8-9-20(17-23)13-16-26(33)37-3/h5-18H,19H2,1-4H3,(H,35,36)/b16-13+. The van der Waals surface area contributed by atoms with Gasteiger partial charge in [0.2, 0.25) is 0 Å². The number of anilines is 1. The molecule has 0 spiro atoms. The number of carboxylic acid groups (broad SMARTS) is 1. The molecule has 0 saturated heterocycles. The number of ether oxygens (including phenoxy) is 3. The van der Waals surface area contributed by atoms with Crippen LogP contribution in [0, 0.1) is 0 Å². The molecule has 0 radical (unpaired) electrons. The Labute approximate surface area is 226 Å². The van der Waals surface area contributed by atoms with E-state index in [-0.39, 0.29) is 18.0 Å². The lowest BCUT2D eigenvalue weighted by Crippen LogP contribution is -2.32. The predicted octanol–water partition coefficient (Wildman–Crippen LogP) is 5.37. The van der Waals surface area contributed by atoms with Crippen molar-refractivity contribution in [2.45, 2.75) is 26.0 Å². The molecule has 0 aromatic heterocycles. The topological polar surface area (TPSA) is 102 Å². The third kappa shape index (κ3) is 6.01. The maximum atomic E-state index is 13.8. The number of esters is 1. The fourth-order valence-electron chi connectivity index (χ4n) is 4.38. The van der Waals surface area contributed by atoms with Crippen LogP contribution in [0.2, 0.25) is 0 Å². The first-order valence-electron chi connectivity index (χ1n) is 12.2. The molecule has 8 nitrogen and oxygen atoms in total. The van der Waals surface area contributed by atoms with Gasteiger partial charge in [0.15, 0.2) is 11.5 Å². The summed E-state index contributed by atoms with van der Waals surface area (Å²) in [4.78, 5) is 39.0. The average Bonchev–Trinajstić information content (AvgIpc) is 2.93. The van der Waals surface area contributed by atoms with Crippen LogP contribution in [-0.4, -0.2) is 42.8 Å². The number of benzene rings is 3. The number of amides is 1. The summed E-state index contributed by atoms with van der Waals surface area (Å²) in [6, 6.07) is 19.5. The Kier molecular flexibility index (Phi) is 7.85. The molecule has 200 valence electrons. The second-order valence-electron chi connectivity index (χ2n) is 9.41. The lowest BCUT2D eigenvalue weighted by Gasteiger charge is -2.32. The molecule has 0 aliphatic carbocycles. The summed E-state index contributed by atoms with van der Waals surface area (Å²) in [5.41, 5.74) is 2.03.